The van der Waals surface area contributed by atoms with E-state index >= 15 is 0 Å². The van der Waals surface area contributed by atoms with Crippen LogP contribution in [0, 0.1) is 0 Å². The van der Waals surface area contributed by atoms with E-state index in [2.05, 4.69) is 20.8 Å². The Labute approximate surface area is 323 Å². The summed E-state index contributed by atoms with van der Waals surface area (Å²) in [7, 11) is -11.9. The summed E-state index contributed by atoms with van der Waals surface area (Å²) in [5.41, 5.74) is 0. The van der Waals surface area contributed by atoms with Crippen molar-refractivity contribution in [2.45, 2.75) is 213 Å². The van der Waals surface area contributed by atoms with Gasteiger partial charge in [0.1, 0.15) is 0 Å². The molecule has 0 fully saturated rings. The van der Waals surface area contributed by atoms with E-state index in [9.17, 15) is 38.9 Å². The molecule has 0 N–H and O–H groups in total. The summed E-state index contributed by atoms with van der Waals surface area (Å²) in [6.45, 7) is 6.64. The summed E-state index contributed by atoms with van der Waals surface area (Å²) < 4.78 is 92.8. The second-order valence-corrected chi connectivity index (χ2v) is 17.9. The Hall–Kier alpha value is 0.600. The van der Waals surface area contributed by atoms with Crippen molar-refractivity contribution >= 4 is 30.4 Å². The summed E-state index contributed by atoms with van der Waals surface area (Å²) in [6, 6.07) is 0. The molecule has 0 unspecified atom stereocenters. The van der Waals surface area contributed by atoms with Gasteiger partial charge in [-0.05, 0) is 19.3 Å². The van der Waals surface area contributed by atoms with E-state index in [4.69, 9.17) is 0 Å². The molecule has 0 saturated heterocycles. The van der Waals surface area contributed by atoms with Crippen molar-refractivity contribution in [3.63, 3.8) is 0 Å². The van der Waals surface area contributed by atoms with E-state index in [-0.39, 0.29) is 43.1 Å². The molecule has 0 aromatic heterocycles. The molecule has 49 heavy (non-hydrogen) atoms. The van der Waals surface area contributed by atoms with E-state index < -0.39 is 30.4 Å². The van der Waals surface area contributed by atoms with Crippen LogP contribution >= 0.6 is 0 Å². The summed E-state index contributed by atoms with van der Waals surface area (Å²) in [5, 5.41) is 0. The molecule has 9 nitrogen and oxygen atoms in total. The molecule has 0 aliphatic heterocycles. The topological polar surface area (TPSA) is 172 Å². The van der Waals surface area contributed by atoms with Crippen LogP contribution in [0.15, 0.2) is 0 Å². The van der Waals surface area contributed by atoms with Crippen LogP contribution in [0.4, 0.5) is 0 Å². The molecule has 0 aliphatic rings. The number of rotatable bonds is 33. The zero-order valence-electron chi connectivity index (χ0n) is 31.8. The quantitative estimate of drug-likeness (QED) is 0.0463. The molecule has 0 aromatic rings. The Bertz CT molecular complexity index is 835. The standard InChI is InChI=1S/3C12H26O3S.Sc/c3*1-2-3-4-5-6-7-8-9-10-11-12-16(13,14)15;/h3*2-12H2,1H3,(H,13,14,15);/q;;;+3/p-3. The maximum Gasteiger partial charge on any atom is 3.00 e. The van der Waals surface area contributed by atoms with Gasteiger partial charge in [-0.1, -0.05) is 194 Å². The van der Waals surface area contributed by atoms with Crippen LogP contribution in [0.25, 0.3) is 0 Å². The second kappa shape index (κ2) is 41.4. The van der Waals surface area contributed by atoms with Crippen molar-refractivity contribution in [2.24, 2.45) is 0 Å². The normalized spacial score (nSPS) is 11.6. The average Bonchev–Trinajstić information content (AvgIpc) is 2.99. The minimum Gasteiger partial charge on any atom is -0.748 e. The third kappa shape index (κ3) is 67.3. The van der Waals surface area contributed by atoms with Crippen molar-refractivity contribution in [3.05, 3.63) is 0 Å². The van der Waals surface area contributed by atoms with Gasteiger partial charge in [0.2, 0.25) is 0 Å². The second-order valence-electron chi connectivity index (χ2n) is 13.3. The molecule has 0 spiro atoms. The first-order valence-electron chi connectivity index (χ1n) is 19.5. The van der Waals surface area contributed by atoms with Crippen LogP contribution in [0.3, 0.4) is 0 Å². The molecule has 0 heterocycles. The third-order valence-electron chi connectivity index (χ3n) is 8.24. The molecule has 0 aliphatic carbocycles. The van der Waals surface area contributed by atoms with Gasteiger partial charge in [-0.15, -0.1) is 0 Å². The van der Waals surface area contributed by atoms with Crippen LogP contribution in [0.2, 0.25) is 0 Å². The van der Waals surface area contributed by atoms with Gasteiger partial charge < -0.3 is 13.7 Å². The first kappa shape index (κ1) is 56.3. The van der Waals surface area contributed by atoms with Gasteiger partial charge in [0.05, 0.1) is 30.4 Å². The Balaban J connectivity index is -0.000000307. The number of hydrogen-bond acceptors (Lipinski definition) is 9. The molecular weight excluding hydrogens is 718 g/mol. The summed E-state index contributed by atoms with van der Waals surface area (Å²) in [4.78, 5) is 0. The van der Waals surface area contributed by atoms with Crippen molar-refractivity contribution in [3.8, 4) is 0 Å². The van der Waals surface area contributed by atoms with E-state index in [1.54, 1.807) is 0 Å². The van der Waals surface area contributed by atoms with Crippen molar-refractivity contribution < 1.29 is 64.8 Å². The maximum atomic E-state index is 10.3. The Morgan fingerprint density at radius 2 is 0.388 bits per heavy atom. The predicted octanol–water partition coefficient (Wildman–Crippen LogP) is 10.4. The first-order valence-corrected chi connectivity index (χ1v) is 24.2. The number of hydrogen-bond donors (Lipinski definition) is 0. The number of unbranched alkanes of at least 4 members (excludes halogenated alkanes) is 27. The van der Waals surface area contributed by atoms with E-state index in [1.807, 2.05) is 0 Å². The molecule has 0 aromatic carbocycles. The minimum absolute atomic E-state index is 0. The van der Waals surface area contributed by atoms with Crippen molar-refractivity contribution in [1.82, 2.24) is 0 Å². The predicted molar refractivity (Wildman–Crippen MR) is 199 cm³/mol. The molecule has 13 heteroatoms. The summed E-state index contributed by atoms with van der Waals surface area (Å²) in [5.74, 6) is -0.573. The van der Waals surface area contributed by atoms with Gasteiger partial charge in [0, 0.05) is 17.3 Å². The minimum atomic E-state index is -3.98. The van der Waals surface area contributed by atoms with Gasteiger partial charge >= 0.3 is 25.8 Å². The van der Waals surface area contributed by atoms with Crippen LogP contribution in [0.5, 0.6) is 0 Å². The first-order chi connectivity index (χ1) is 22.7. The zero-order chi connectivity index (χ0) is 36.8. The van der Waals surface area contributed by atoms with Crippen molar-refractivity contribution in [2.75, 3.05) is 17.3 Å². The SMILES string of the molecule is CCCCCCCCCCCCS(=O)(=O)[O-].CCCCCCCCCCCCS(=O)(=O)[O-].CCCCCCCCCCCCS(=O)(=O)[O-].[Sc+3]. The van der Waals surface area contributed by atoms with Gasteiger partial charge in [0.25, 0.3) is 0 Å². The average molecular weight is 793 g/mol. The zero-order valence-corrected chi connectivity index (χ0v) is 36.1. The van der Waals surface area contributed by atoms with E-state index in [1.165, 1.54) is 135 Å². The summed E-state index contributed by atoms with van der Waals surface area (Å²) in [6.07, 6.45) is 34.3. The molecule has 294 valence electrons. The van der Waals surface area contributed by atoms with Gasteiger partial charge in [0.15, 0.2) is 0 Å². The summed E-state index contributed by atoms with van der Waals surface area (Å²) >= 11 is 0. The molecule has 0 radical (unpaired) electrons. The molecule has 0 rings (SSSR count). The molecule has 0 amide bonds. The van der Waals surface area contributed by atoms with Gasteiger partial charge in [-0.25, -0.2) is 25.3 Å². The van der Waals surface area contributed by atoms with Crippen LogP contribution in [-0.4, -0.2) is 56.2 Å². The van der Waals surface area contributed by atoms with Crippen molar-refractivity contribution in [1.29, 1.82) is 0 Å². The van der Waals surface area contributed by atoms with E-state index in [0.717, 1.165) is 38.5 Å². The van der Waals surface area contributed by atoms with Crippen LogP contribution in [-0.2, 0) is 56.2 Å². The Morgan fingerprint density at radius 1 is 0.265 bits per heavy atom. The molecule has 0 atom stereocenters. The Kier molecular flexibility index (Phi) is 47.6. The smallest absolute Gasteiger partial charge is 0.748 e. The van der Waals surface area contributed by atoms with E-state index in [0.29, 0.717) is 19.3 Å². The Morgan fingerprint density at radius 3 is 0.510 bits per heavy atom. The van der Waals surface area contributed by atoms with Crippen LogP contribution in [0.1, 0.15) is 213 Å². The molecule has 0 bridgehead atoms. The fraction of sp³-hybridized carbons (Fsp3) is 1.00. The maximum absolute atomic E-state index is 10.3. The van der Waals surface area contributed by atoms with Gasteiger partial charge in [-0.3, -0.25) is 0 Å². The fourth-order valence-corrected chi connectivity index (χ4v) is 6.97. The third-order valence-corrected chi connectivity index (χ3v) is 10.6. The fourth-order valence-electron chi connectivity index (χ4n) is 5.30. The monoisotopic (exact) mass is 792 g/mol. The largest absolute Gasteiger partial charge is 3.00 e. The van der Waals surface area contributed by atoms with Crippen LogP contribution < -0.4 is 0 Å². The molecular formula is C36H75O9S3Sc. The molecule has 0 saturated carbocycles. The van der Waals surface area contributed by atoms with Gasteiger partial charge in [-0.2, -0.15) is 0 Å².